The maximum Gasteiger partial charge on any atom is 0.416 e. The van der Waals surface area contributed by atoms with E-state index >= 15 is 0 Å². The lowest BCUT2D eigenvalue weighted by molar-refractivity contribution is -0.137. The lowest BCUT2D eigenvalue weighted by atomic mass is 10.1. The fraction of sp³-hybridized carbons (Fsp3) is 0.269. The minimum Gasteiger partial charge on any atom is -0.356 e. The molecule has 1 amide bonds. The molecule has 10 heteroatoms. The zero-order chi connectivity index (χ0) is 25.9. The Labute approximate surface area is 209 Å². The molecule has 4 aromatic rings. The van der Waals surface area contributed by atoms with Gasteiger partial charge in [0, 0.05) is 35.2 Å². The predicted octanol–water partition coefficient (Wildman–Crippen LogP) is 6.59. The molecule has 0 saturated heterocycles. The number of nitrogens with zero attached hydrogens (tertiary/aromatic N) is 3. The van der Waals surface area contributed by atoms with Crippen molar-refractivity contribution in [3.63, 3.8) is 0 Å². The highest BCUT2D eigenvalue weighted by atomic mass is 32.1. The fourth-order valence-electron chi connectivity index (χ4n) is 3.73. The first kappa shape index (κ1) is 25.6. The van der Waals surface area contributed by atoms with E-state index in [0.717, 1.165) is 29.0 Å². The molecule has 4 rings (SSSR count). The number of hydrogen-bond donors (Lipinski definition) is 1. The van der Waals surface area contributed by atoms with Gasteiger partial charge in [0.1, 0.15) is 5.82 Å². The Balaban J connectivity index is 1.70. The van der Waals surface area contributed by atoms with Crippen LogP contribution in [-0.4, -0.2) is 27.2 Å². The molecule has 0 fully saturated rings. The van der Waals surface area contributed by atoms with Crippen molar-refractivity contribution < 1.29 is 22.4 Å². The summed E-state index contributed by atoms with van der Waals surface area (Å²) < 4.78 is 54.5. The number of benzene rings is 2. The number of amides is 1. The third kappa shape index (κ3) is 5.81. The SMILES string of the molecule is CCCNC(=O)CCc1sc(-n2cc(-c3cccc(F)c3)c(C)n2)nc1-c1ccc(C(F)(F)F)cc1. The number of alkyl halides is 3. The lowest BCUT2D eigenvalue weighted by Gasteiger charge is -2.08. The van der Waals surface area contributed by atoms with Crippen molar-refractivity contribution in [3.8, 4) is 27.5 Å². The van der Waals surface area contributed by atoms with Crippen molar-refractivity contribution in [2.24, 2.45) is 0 Å². The van der Waals surface area contributed by atoms with Crippen molar-refractivity contribution >= 4 is 17.2 Å². The largest absolute Gasteiger partial charge is 0.416 e. The van der Waals surface area contributed by atoms with Gasteiger partial charge >= 0.3 is 6.18 Å². The van der Waals surface area contributed by atoms with Crippen LogP contribution in [0.1, 0.15) is 35.9 Å². The number of nitrogens with one attached hydrogen (secondary N) is 1. The number of carbonyl (C=O) groups is 1. The molecular formula is C26H24F4N4OS. The second-order valence-electron chi connectivity index (χ2n) is 8.28. The van der Waals surface area contributed by atoms with Gasteiger partial charge < -0.3 is 5.32 Å². The maximum atomic E-state index is 13.7. The first-order valence-corrected chi connectivity index (χ1v) is 12.2. The predicted molar refractivity (Wildman–Crippen MR) is 131 cm³/mol. The van der Waals surface area contributed by atoms with E-state index in [1.54, 1.807) is 29.9 Å². The molecule has 5 nitrogen and oxygen atoms in total. The zero-order valence-electron chi connectivity index (χ0n) is 19.7. The molecular weight excluding hydrogens is 492 g/mol. The summed E-state index contributed by atoms with van der Waals surface area (Å²) >= 11 is 1.32. The van der Waals surface area contributed by atoms with E-state index in [4.69, 9.17) is 0 Å². The zero-order valence-corrected chi connectivity index (χ0v) is 20.5. The number of hydrogen-bond acceptors (Lipinski definition) is 4. The molecule has 2 aromatic heterocycles. The van der Waals surface area contributed by atoms with Crippen LogP contribution in [0.4, 0.5) is 17.6 Å². The third-order valence-corrected chi connectivity index (χ3v) is 6.66. The summed E-state index contributed by atoms with van der Waals surface area (Å²) in [5, 5.41) is 7.86. The Bertz CT molecular complexity index is 1360. The van der Waals surface area contributed by atoms with Crippen molar-refractivity contribution in [1.82, 2.24) is 20.1 Å². The van der Waals surface area contributed by atoms with E-state index < -0.39 is 11.7 Å². The maximum absolute atomic E-state index is 13.7. The molecule has 0 atom stereocenters. The summed E-state index contributed by atoms with van der Waals surface area (Å²) in [4.78, 5) is 17.6. The van der Waals surface area contributed by atoms with Crippen molar-refractivity contribution in [1.29, 1.82) is 0 Å². The van der Waals surface area contributed by atoms with Gasteiger partial charge in [0.15, 0.2) is 0 Å². The molecule has 0 saturated carbocycles. The smallest absolute Gasteiger partial charge is 0.356 e. The van der Waals surface area contributed by atoms with Crippen molar-refractivity contribution in [3.05, 3.63) is 76.7 Å². The van der Waals surface area contributed by atoms with Crippen LogP contribution in [0, 0.1) is 12.7 Å². The summed E-state index contributed by atoms with van der Waals surface area (Å²) in [6.07, 6.45) is -1.27. The van der Waals surface area contributed by atoms with Crippen LogP contribution in [0.2, 0.25) is 0 Å². The van der Waals surface area contributed by atoms with E-state index in [9.17, 15) is 22.4 Å². The topological polar surface area (TPSA) is 59.8 Å². The Kier molecular flexibility index (Phi) is 7.53. The van der Waals surface area contributed by atoms with E-state index in [2.05, 4.69) is 15.4 Å². The number of rotatable bonds is 8. The number of thiazole rings is 1. The number of halogens is 4. The minimum absolute atomic E-state index is 0.103. The van der Waals surface area contributed by atoms with Gasteiger partial charge in [-0.3, -0.25) is 4.79 Å². The van der Waals surface area contributed by atoms with Gasteiger partial charge in [-0.15, -0.1) is 0 Å². The van der Waals surface area contributed by atoms with Gasteiger partial charge in [-0.05, 0) is 49.6 Å². The normalized spacial score (nSPS) is 11.6. The second kappa shape index (κ2) is 10.6. The Morgan fingerprint density at radius 1 is 1.11 bits per heavy atom. The monoisotopic (exact) mass is 516 g/mol. The summed E-state index contributed by atoms with van der Waals surface area (Å²) in [6, 6.07) is 11.0. The van der Waals surface area contributed by atoms with Gasteiger partial charge in [0.05, 0.1) is 17.0 Å². The highest BCUT2D eigenvalue weighted by molar-refractivity contribution is 7.14. The quantitative estimate of drug-likeness (QED) is 0.269. The molecule has 2 aromatic carbocycles. The van der Waals surface area contributed by atoms with Gasteiger partial charge in [-0.25, -0.2) is 14.1 Å². The highest BCUT2D eigenvalue weighted by Gasteiger charge is 2.30. The van der Waals surface area contributed by atoms with Crippen LogP contribution in [0.15, 0.2) is 54.7 Å². The van der Waals surface area contributed by atoms with Crippen LogP contribution in [-0.2, 0) is 17.4 Å². The number of aromatic nitrogens is 3. The highest BCUT2D eigenvalue weighted by Crippen LogP contribution is 2.35. The van der Waals surface area contributed by atoms with Crippen LogP contribution in [0.3, 0.4) is 0 Å². The molecule has 1 N–H and O–H groups in total. The molecule has 0 aliphatic heterocycles. The number of aryl methyl sites for hydroxylation is 2. The summed E-state index contributed by atoms with van der Waals surface area (Å²) in [5.74, 6) is -0.462. The van der Waals surface area contributed by atoms with Crippen molar-refractivity contribution in [2.45, 2.75) is 39.3 Å². The lowest BCUT2D eigenvalue weighted by Crippen LogP contribution is -2.24. The molecule has 0 bridgehead atoms. The molecule has 0 unspecified atom stereocenters. The third-order valence-electron chi connectivity index (χ3n) is 5.55. The average molecular weight is 517 g/mol. The van der Waals surface area contributed by atoms with Crippen LogP contribution >= 0.6 is 11.3 Å². The van der Waals surface area contributed by atoms with E-state index in [1.807, 2.05) is 6.92 Å². The minimum atomic E-state index is -4.44. The van der Waals surface area contributed by atoms with Crippen LogP contribution < -0.4 is 5.32 Å². The molecule has 2 heterocycles. The molecule has 36 heavy (non-hydrogen) atoms. The van der Waals surface area contributed by atoms with Crippen molar-refractivity contribution in [2.75, 3.05) is 6.54 Å². The van der Waals surface area contributed by atoms with Gasteiger partial charge in [0.25, 0.3) is 0 Å². The molecule has 0 aliphatic carbocycles. The average Bonchev–Trinajstić information content (AvgIpc) is 3.44. The first-order chi connectivity index (χ1) is 17.2. The van der Waals surface area contributed by atoms with Gasteiger partial charge in [-0.1, -0.05) is 42.5 Å². The standard InChI is InChI=1S/C26H24F4N4OS/c1-3-13-31-23(35)12-11-22-24(17-7-9-19(10-8-17)26(28,29)30)32-25(36-22)34-15-21(16(2)33-34)18-5-4-6-20(27)14-18/h4-10,14-15H,3,11-13H2,1-2H3,(H,31,35). The van der Waals surface area contributed by atoms with Crippen LogP contribution in [0.5, 0.6) is 0 Å². The summed E-state index contributed by atoms with van der Waals surface area (Å²) in [6.45, 7) is 4.34. The molecule has 0 aliphatic rings. The summed E-state index contributed by atoms with van der Waals surface area (Å²) in [5.41, 5.74) is 2.36. The second-order valence-corrected chi connectivity index (χ2v) is 9.34. The Morgan fingerprint density at radius 2 is 1.86 bits per heavy atom. The number of carbonyl (C=O) groups excluding carboxylic acids is 1. The Morgan fingerprint density at radius 3 is 2.53 bits per heavy atom. The van der Waals surface area contributed by atoms with E-state index in [1.165, 1.54) is 35.6 Å². The summed E-state index contributed by atoms with van der Waals surface area (Å²) in [7, 11) is 0. The first-order valence-electron chi connectivity index (χ1n) is 11.4. The molecule has 188 valence electrons. The van der Waals surface area contributed by atoms with Crippen LogP contribution in [0.25, 0.3) is 27.5 Å². The Hall–Kier alpha value is -3.53. The van der Waals surface area contributed by atoms with E-state index in [0.29, 0.717) is 40.6 Å². The van der Waals surface area contributed by atoms with Gasteiger partial charge in [-0.2, -0.15) is 18.3 Å². The van der Waals surface area contributed by atoms with Gasteiger partial charge in [0.2, 0.25) is 11.0 Å². The fourth-order valence-corrected chi connectivity index (χ4v) is 4.74. The molecule has 0 spiro atoms. The molecule has 0 radical (unpaired) electrons. The van der Waals surface area contributed by atoms with E-state index in [-0.39, 0.29) is 18.1 Å².